The predicted molar refractivity (Wildman–Crippen MR) is 97.9 cm³/mol. The van der Waals surface area contributed by atoms with E-state index < -0.39 is 0 Å². The van der Waals surface area contributed by atoms with Crippen molar-refractivity contribution in [2.45, 2.75) is 26.8 Å². The van der Waals surface area contributed by atoms with E-state index in [1.807, 2.05) is 6.92 Å². The van der Waals surface area contributed by atoms with Crippen LogP contribution in [0.1, 0.15) is 25.8 Å². The summed E-state index contributed by atoms with van der Waals surface area (Å²) in [6, 6.07) is 14.8. The Morgan fingerprint density at radius 3 is 2.70 bits per heavy atom. The van der Waals surface area contributed by atoms with Gasteiger partial charge in [-0.05, 0) is 36.6 Å². The van der Waals surface area contributed by atoms with Gasteiger partial charge in [0, 0.05) is 26.3 Å². The van der Waals surface area contributed by atoms with E-state index in [1.54, 1.807) is 0 Å². The number of fused-ring (bicyclic) bond motifs is 1. The van der Waals surface area contributed by atoms with Gasteiger partial charge in [-0.2, -0.15) is 0 Å². The second-order valence-corrected chi connectivity index (χ2v) is 5.31. The minimum atomic E-state index is 0.669. The molecular weight excluding hydrogens is 286 g/mol. The van der Waals surface area contributed by atoms with Crippen LogP contribution in [0, 0.1) is 0 Å². The molecule has 0 saturated heterocycles. The van der Waals surface area contributed by atoms with Gasteiger partial charge in [0.05, 0.1) is 6.54 Å². The van der Waals surface area contributed by atoms with Gasteiger partial charge in [-0.1, -0.05) is 42.5 Å². The van der Waals surface area contributed by atoms with Gasteiger partial charge in [0.2, 0.25) is 0 Å². The number of ether oxygens (including phenoxy) is 1. The minimum Gasteiger partial charge on any atom is -0.382 e. The molecule has 4 heteroatoms. The number of hydrogen-bond acceptors (Lipinski definition) is 2. The van der Waals surface area contributed by atoms with Crippen molar-refractivity contribution in [3.8, 4) is 0 Å². The Kier molecular flexibility index (Phi) is 7.40. The molecule has 4 nitrogen and oxygen atoms in total. The molecule has 0 atom stereocenters. The minimum absolute atomic E-state index is 0.669. The molecule has 0 amide bonds. The number of hydrogen-bond donors (Lipinski definition) is 2. The number of aliphatic imine (C=N–C) groups is 1. The fourth-order valence-electron chi connectivity index (χ4n) is 2.46. The largest absolute Gasteiger partial charge is 0.382 e. The molecule has 2 rings (SSSR count). The van der Waals surface area contributed by atoms with Gasteiger partial charge in [0.1, 0.15) is 0 Å². The fourth-order valence-corrected chi connectivity index (χ4v) is 2.46. The highest BCUT2D eigenvalue weighted by Gasteiger charge is 2.01. The zero-order chi connectivity index (χ0) is 16.3. The van der Waals surface area contributed by atoms with Crippen LogP contribution in [-0.2, 0) is 11.3 Å². The van der Waals surface area contributed by atoms with Crippen molar-refractivity contribution in [2.24, 2.45) is 4.99 Å². The summed E-state index contributed by atoms with van der Waals surface area (Å²) < 4.78 is 5.35. The number of nitrogens with one attached hydrogen (secondary N) is 2. The summed E-state index contributed by atoms with van der Waals surface area (Å²) in [6.45, 7) is 8.04. The maximum Gasteiger partial charge on any atom is 0.191 e. The summed E-state index contributed by atoms with van der Waals surface area (Å²) >= 11 is 0. The summed E-state index contributed by atoms with van der Waals surface area (Å²) in [4.78, 5) is 4.71. The number of rotatable bonds is 8. The van der Waals surface area contributed by atoms with Crippen molar-refractivity contribution in [3.05, 3.63) is 48.0 Å². The van der Waals surface area contributed by atoms with Gasteiger partial charge >= 0.3 is 0 Å². The van der Waals surface area contributed by atoms with Crippen LogP contribution in [-0.4, -0.2) is 32.3 Å². The van der Waals surface area contributed by atoms with Gasteiger partial charge < -0.3 is 15.4 Å². The van der Waals surface area contributed by atoms with Gasteiger partial charge in [0.15, 0.2) is 5.96 Å². The molecule has 0 aliphatic carbocycles. The molecule has 2 aromatic carbocycles. The third-order valence-electron chi connectivity index (χ3n) is 3.59. The second-order valence-electron chi connectivity index (χ2n) is 5.31. The van der Waals surface area contributed by atoms with Crippen LogP contribution in [0.25, 0.3) is 10.8 Å². The number of guanidine groups is 1. The lowest BCUT2D eigenvalue weighted by molar-refractivity contribution is 0.145. The van der Waals surface area contributed by atoms with Crippen molar-refractivity contribution in [1.82, 2.24) is 10.6 Å². The summed E-state index contributed by atoms with van der Waals surface area (Å²) in [5, 5.41) is 9.18. The predicted octanol–water partition coefficient (Wildman–Crippen LogP) is 3.32. The lowest BCUT2D eigenvalue weighted by atomic mass is 10.1. The van der Waals surface area contributed by atoms with E-state index in [-0.39, 0.29) is 0 Å². The second kappa shape index (κ2) is 9.85. The molecule has 0 bridgehead atoms. The Labute approximate surface area is 139 Å². The SMILES string of the molecule is CCNC(=NCc1cccc2ccccc12)NCCCOCC. The van der Waals surface area contributed by atoms with Crippen molar-refractivity contribution in [2.75, 3.05) is 26.3 Å². The lowest BCUT2D eigenvalue weighted by Crippen LogP contribution is -2.38. The van der Waals surface area contributed by atoms with Crippen molar-refractivity contribution in [3.63, 3.8) is 0 Å². The molecule has 23 heavy (non-hydrogen) atoms. The van der Waals surface area contributed by atoms with Crippen molar-refractivity contribution >= 4 is 16.7 Å². The van der Waals surface area contributed by atoms with Crippen molar-refractivity contribution in [1.29, 1.82) is 0 Å². The van der Waals surface area contributed by atoms with E-state index in [0.29, 0.717) is 6.54 Å². The van der Waals surface area contributed by atoms with Crippen LogP contribution in [0.4, 0.5) is 0 Å². The van der Waals surface area contributed by atoms with E-state index in [2.05, 4.69) is 60.0 Å². The van der Waals surface area contributed by atoms with Crippen LogP contribution in [0.2, 0.25) is 0 Å². The third kappa shape index (κ3) is 5.57. The Hall–Kier alpha value is -2.07. The number of benzene rings is 2. The highest BCUT2D eigenvalue weighted by molar-refractivity contribution is 5.86. The van der Waals surface area contributed by atoms with Crippen molar-refractivity contribution < 1.29 is 4.74 Å². The van der Waals surface area contributed by atoms with Crippen LogP contribution in [0.5, 0.6) is 0 Å². The third-order valence-corrected chi connectivity index (χ3v) is 3.59. The van der Waals surface area contributed by atoms with E-state index in [4.69, 9.17) is 9.73 Å². The summed E-state index contributed by atoms with van der Waals surface area (Å²) in [7, 11) is 0. The Bertz CT molecular complexity index is 620. The van der Waals surface area contributed by atoms with E-state index in [0.717, 1.165) is 38.7 Å². The molecule has 0 aromatic heterocycles. The zero-order valence-corrected chi connectivity index (χ0v) is 14.1. The van der Waals surface area contributed by atoms with Crippen LogP contribution >= 0.6 is 0 Å². The van der Waals surface area contributed by atoms with Gasteiger partial charge in [0.25, 0.3) is 0 Å². The maximum absolute atomic E-state index is 5.35. The zero-order valence-electron chi connectivity index (χ0n) is 14.1. The van der Waals surface area contributed by atoms with E-state index in [1.165, 1.54) is 16.3 Å². The smallest absolute Gasteiger partial charge is 0.191 e. The molecule has 0 radical (unpaired) electrons. The van der Waals surface area contributed by atoms with E-state index in [9.17, 15) is 0 Å². The van der Waals surface area contributed by atoms with Gasteiger partial charge in [-0.3, -0.25) is 0 Å². The fraction of sp³-hybridized carbons (Fsp3) is 0.421. The average Bonchev–Trinajstić information content (AvgIpc) is 2.59. The summed E-state index contributed by atoms with van der Waals surface area (Å²) in [5.41, 5.74) is 1.25. The topological polar surface area (TPSA) is 45.7 Å². The first-order valence-electron chi connectivity index (χ1n) is 8.41. The first-order valence-corrected chi connectivity index (χ1v) is 8.41. The van der Waals surface area contributed by atoms with Crippen LogP contribution in [0.3, 0.4) is 0 Å². The van der Waals surface area contributed by atoms with Crippen LogP contribution in [0.15, 0.2) is 47.5 Å². The molecule has 0 saturated carbocycles. The molecule has 0 heterocycles. The molecule has 2 aromatic rings. The molecule has 0 aliphatic heterocycles. The molecule has 2 N–H and O–H groups in total. The normalized spacial score (nSPS) is 11.7. The standard InChI is InChI=1S/C19H27N3O/c1-3-20-19(21-13-8-14-23-4-2)22-15-17-11-7-10-16-9-5-6-12-18(16)17/h5-7,9-12H,3-4,8,13-15H2,1-2H3,(H2,20,21,22). The molecule has 0 unspecified atom stereocenters. The van der Waals surface area contributed by atoms with Crippen LogP contribution < -0.4 is 10.6 Å². The lowest BCUT2D eigenvalue weighted by Gasteiger charge is -2.12. The highest BCUT2D eigenvalue weighted by Crippen LogP contribution is 2.18. The average molecular weight is 313 g/mol. The van der Waals surface area contributed by atoms with Gasteiger partial charge in [-0.25, -0.2) is 4.99 Å². The van der Waals surface area contributed by atoms with E-state index >= 15 is 0 Å². The molecule has 0 aliphatic rings. The maximum atomic E-state index is 5.35. The molecular formula is C19H27N3O. The highest BCUT2D eigenvalue weighted by atomic mass is 16.5. The Balaban J connectivity index is 1.98. The summed E-state index contributed by atoms with van der Waals surface area (Å²) in [6.07, 6.45) is 0.979. The Morgan fingerprint density at radius 1 is 1.04 bits per heavy atom. The first-order chi connectivity index (χ1) is 11.3. The molecule has 0 fully saturated rings. The van der Waals surface area contributed by atoms with Gasteiger partial charge in [-0.15, -0.1) is 0 Å². The summed E-state index contributed by atoms with van der Waals surface area (Å²) in [5.74, 6) is 0.858. The molecule has 0 spiro atoms. The first kappa shape index (κ1) is 17.3. The molecule has 124 valence electrons. The quantitative estimate of drug-likeness (QED) is 0.446. The monoisotopic (exact) mass is 313 g/mol. The Morgan fingerprint density at radius 2 is 1.87 bits per heavy atom. The number of nitrogens with zero attached hydrogens (tertiary/aromatic N) is 1.